The number of nitro groups is 1. The zero-order valence-electron chi connectivity index (χ0n) is 18.5. The molecule has 2 aromatic carbocycles. The van der Waals surface area contributed by atoms with E-state index in [4.69, 9.17) is 9.47 Å². The first-order chi connectivity index (χ1) is 15.0. The average Bonchev–Trinajstić information content (AvgIpc) is 3.29. The van der Waals surface area contributed by atoms with Gasteiger partial charge in [0.2, 0.25) is 0 Å². The van der Waals surface area contributed by atoms with Gasteiger partial charge < -0.3 is 20.1 Å². The van der Waals surface area contributed by atoms with Crippen LogP contribution >= 0.6 is 24.0 Å². The Balaban J connectivity index is 0.00000363. The average molecular weight is 554 g/mol. The lowest BCUT2D eigenvalue weighted by molar-refractivity contribution is -0.384. The van der Waals surface area contributed by atoms with Crippen LogP contribution in [0.2, 0.25) is 0 Å². The molecule has 1 aliphatic heterocycles. The van der Waals surface area contributed by atoms with Gasteiger partial charge >= 0.3 is 0 Å². The molecule has 174 valence electrons. The molecule has 1 saturated heterocycles. The fraction of sp³-hybridized carbons (Fsp3) is 0.435. The maximum atomic E-state index is 11.0. The van der Waals surface area contributed by atoms with Crippen LogP contribution in [-0.4, -0.2) is 37.2 Å². The highest BCUT2D eigenvalue weighted by Gasteiger charge is 2.17. The van der Waals surface area contributed by atoms with Crippen molar-refractivity contribution in [2.24, 2.45) is 10.9 Å². The van der Waals surface area contributed by atoms with E-state index in [2.05, 4.69) is 33.8 Å². The summed E-state index contributed by atoms with van der Waals surface area (Å²) in [7, 11) is 0. The Hall–Kier alpha value is -2.40. The Bertz CT molecular complexity index is 917. The topological polar surface area (TPSA) is 98.0 Å². The number of guanidine groups is 1. The summed E-state index contributed by atoms with van der Waals surface area (Å²) in [5.41, 5.74) is 3.04. The molecule has 1 heterocycles. The number of aliphatic imine (C=N–C) groups is 1. The van der Waals surface area contributed by atoms with Crippen LogP contribution in [0, 0.1) is 23.0 Å². The first kappa shape index (κ1) is 25.9. The number of benzene rings is 2. The van der Waals surface area contributed by atoms with Gasteiger partial charge in [0, 0.05) is 43.3 Å². The number of nitrogens with one attached hydrogen (secondary N) is 2. The molecule has 2 aromatic rings. The number of halogens is 1. The standard InChI is InChI=1S/C23H30N4O4.HI/c1-3-24-23(25-13-18-5-4-6-21(12-18)27(28)29)26-14-20-8-7-17(2)11-22(20)31-16-19-9-10-30-15-19;/h4-8,11-12,19H,3,9-10,13-16H2,1-2H3,(H2,24,25,26);1H. The minimum atomic E-state index is -0.396. The van der Waals surface area contributed by atoms with Crippen molar-refractivity contribution in [3.05, 3.63) is 69.3 Å². The Labute approximate surface area is 206 Å². The SMILES string of the molecule is CCNC(=NCc1cccc([N+](=O)[O-])c1)NCc1ccc(C)cc1OCC1CCOC1.I. The molecule has 0 spiro atoms. The fourth-order valence-electron chi connectivity index (χ4n) is 3.32. The number of nitro benzene ring substituents is 1. The summed E-state index contributed by atoms with van der Waals surface area (Å²) in [5, 5.41) is 17.5. The van der Waals surface area contributed by atoms with Crippen LogP contribution in [0.3, 0.4) is 0 Å². The van der Waals surface area contributed by atoms with Crippen molar-refractivity contribution in [2.75, 3.05) is 26.4 Å². The largest absolute Gasteiger partial charge is 0.493 e. The summed E-state index contributed by atoms with van der Waals surface area (Å²) in [6.07, 6.45) is 1.04. The van der Waals surface area contributed by atoms with Crippen LogP contribution in [0.5, 0.6) is 5.75 Å². The van der Waals surface area contributed by atoms with Crippen LogP contribution in [0.25, 0.3) is 0 Å². The Morgan fingerprint density at radius 1 is 1.28 bits per heavy atom. The molecule has 0 bridgehead atoms. The lowest BCUT2D eigenvalue weighted by Crippen LogP contribution is -2.36. The number of hydrogen-bond acceptors (Lipinski definition) is 5. The predicted molar refractivity (Wildman–Crippen MR) is 136 cm³/mol. The van der Waals surface area contributed by atoms with Crippen LogP contribution in [0.15, 0.2) is 47.5 Å². The van der Waals surface area contributed by atoms with E-state index in [1.165, 1.54) is 6.07 Å². The van der Waals surface area contributed by atoms with Gasteiger partial charge in [-0.2, -0.15) is 0 Å². The molecular weight excluding hydrogens is 523 g/mol. The first-order valence-corrected chi connectivity index (χ1v) is 10.6. The number of hydrogen-bond donors (Lipinski definition) is 2. The number of rotatable bonds is 9. The summed E-state index contributed by atoms with van der Waals surface area (Å²) in [6, 6.07) is 12.7. The summed E-state index contributed by atoms with van der Waals surface area (Å²) in [6.45, 7) is 7.87. The van der Waals surface area contributed by atoms with Gasteiger partial charge in [0.25, 0.3) is 5.69 Å². The predicted octanol–water partition coefficient (Wildman–Crippen LogP) is 4.19. The molecule has 0 amide bonds. The van der Waals surface area contributed by atoms with Gasteiger partial charge in [0.15, 0.2) is 5.96 Å². The lowest BCUT2D eigenvalue weighted by atomic mass is 10.1. The second kappa shape index (κ2) is 13.2. The summed E-state index contributed by atoms with van der Waals surface area (Å²) in [4.78, 5) is 15.1. The van der Waals surface area contributed by atoms with E-state index in [1.807, 2.05) is 19.9 Å². The Kier molecular flexibility index (Phi) is 10.7. The van der Waals surface area contributed by atoms with Gasteiger partial charge in [-0.1, -0.05) is 24.3 Å². The van der Waals surface area contributed by atoms with Crippen molar-refractivity contribution in [3.8, 4) is 5.75 Å². The highest BCUT2D eigenvalue weighted by atomic mass is 127. The van der Waals surface area contributed by atoms with Crippen LogP contribution in [0.1, 0.15) is 30.0 Å². The van der Waals surface area contributed by atoms with Crippen molar-refractivity contribution in [1.82, 2.24) is 10.6 Å². The van der Waals surface area contributed by atoms with Crippen molar-refractivity contribution in [1.29, 1.82) is 0 Å². The van der Waals surface area contributed by atoms with Crippen LogP contribution < -0.4 is 15.4 Å². The van der Waals surface area contributed by atoms with Gasteiger partial charge in [-0.3, -0.25) is 10.1 Å². The minimum absolute atomic E-state index is 0. The molecule has 0 saturated carbocycles. The number of non-ortho nitro benzene ring substituents is 1. The Morgan fingerprint density at radius 3 is 2.84 bits per heavy atom. The lowest BCUT2D eigenvalue weighted by Gasteiger charge is -2.17. The van der Waals surface area contributed by atoms with Gasteiger partial charge in [-0.25, -0.2) is 4.99 Å². The van der Waals surface area contributed by atoms with E-state index < -0.39 is 4.92 Å². The molecule has 1 unspecified atom stereocenters. The Morgan fingerprint density at radius 2 is 2.12 bits per heavy atom. The summed E-state index contributed by atoms with van der Waals surface area (Å²) in [5.74, 6) is 1.95. The fourth-order valence-corrected chi connectivity index (χ4v) is 3.32. The van der Waals surface area contributed by atoms with E-state index in [0.29, 0.717) is 38.1 Å². The second-order valence-corrected chi connectivity index (χ2v) is 7.63. The molecule has 9 heteroatoms. The molecule has 3 rings (SSSR count). The third kappa shape index (κ3) is 7.94. The van der Waals surface area contributed by atoms with Crippen molar-refractivity contribution in [2.45, 2.75) is 33.4 Å². The highest BCUT2D eigenvalue weighted by molar-refractivity contribution is 14.0. The van der Waals surface area contributed by atoms with Gasteiger partial charge in [-0.15, -0.1) is 24.0 Å². The minimum Gasteiger partial charge on any atom is -0.493 e. The van der Waals surface area contributed by atoms with E-state index >= 15 is 0 Å². The summed E-state index contributed by atoms with van der Waals surface area (Å²) >= 11 is 0. The quantitative estimate of drug-likeness (QED) is 0.159. The van der Waals surface area contributed by atoms with E-state index in [1.54, 1.807) is 12.1 Å². The zero-order valence-corrected chi connectivity index (χ0v) is 20.8. The van der Waals surface area contributed by atoms with Crippen molar-refractivity contribution < 1.29 is 14.4 Å². The van der Waals surface area contributed by atoms with E-state index in [-0.39, 0.29) is 29.7 Å². The molecule has 8 nitrogen and oxygen atoms in total. The van der Waals surface area contributed by atoms with Crippen LogP contribution in [-0.2, 0) is 17.8 Å². The summed E-state index contributed by atoms with van der Waals surface area (Å²) < 4.78 is 11.6. The third-order valence-electron chi connectivity index (χ3n) is 5.05. The van der Waals surface area contributed by atoms with Crippen molar-refractivity contribution >= 4 is 35.6 Å². The molecule has 0 radical (unpaired) electrons. The second-order valence-electron chi connectivity index (χ2n) is 7.63. The first-order valence-electron chi connectivity index (χ1n) is 10.6. The van der Waals surface area contributed by atoms with Crippen molar-refractivity contribution in [3.63, 3.8) is 0 Å². The molecular formula is C23H31IN4O4. The molecule has 32 heavy (non-hydrogen) atoms. The molecule has 1 aliphatic rings. The maximum Gasteiger partial charge on any atom is 0.269 e. The molecule has 1 atom stereocenters. The van der Waals surface area contributed by atoms with E-state index in [0.717, 1.165) is 42.1 Å². The molecule has 2 N–H and O–H groups in total. The van der Waals surface area contributed by atoms with Gasteiger partial charge in [0.1, 0.15) is 5.75 Å². The van der Waals surface area contributed by atoms with E-state index in [9.17, 15) is 10.1 Å². The molecule has 0 aromatic heterocycles. The number of aryl methyl sites for hydroxylation is 1. The monoisotopic (exact) mass is 554 g/mol. The number of nitrogens with zero attached hydrogens (tertiary/aromatic N) is 2. The maximum absolute atomic E-state index is 11.0. The molecule has 1 fully saturated rings. The van der Waals surface area contributed by atoms with Gasteiger partial charge in [-0.05, 0) is 37.5 Å². The zero-order chi connectivity index (χ0) is 22.1. The third-order valence-corrected chi connectivity index (χ3v) is 5.05. The van der Waals surface area contributed by atoms with Gasteiger partial charge in [0.05, 0.1) is 24.7 Å². The van der Waals surface area contributed by atoms with Crippen LogP contribution in [0.4, 0.5) is 5.69 Å². The smallest absolute Gasteiger partial charge is 0.269 e. The normalized spacial score (nSPS) is 15.7. The highest BCUT2D eigenvalue weighted by Crippen LogP contribution is 2.22. The molecule has 0 aliphatic carbocycles. The number of ether oxygens (including phenoxy) is 2.